The predicted molar refractivity (Wildman–Crippen MR) is 77.4 cm³/mol. The number of anilines is 1. The summed E-state index contributed by atoms with van der Waals surface area (Å²) in [7, 11) is 0. The minimum absolute atomic E-state index is 0.182. The minimum Gasteiger partial charge on any atom is -0.392 e. The Labute approximate surface area is 113 Å². The smallest absolute Gasteiger partial charge is 0.238 e. The number of hydrogen-bond acceptors (Lipinski definition) is 3. The molecule has 1 aromatic heterocycles. The third-order valence-corrected chi connectivity index (χ3v) is 3.63. The van der Waals surface area contributed by atoms with Crippen molar-refractivity contribution in [1.82, 2.24) is 4.98 Å². The maximum absolute atomic E-state index is 12.3. The van der Waals surface area contributed by atoms with Gasteiger partial charge in [0.15, 0.2) is 0 Å². The Hall–Kier alpha value is -1.49. The zero-order valence-electron chi connectivity index (χ0n) is 11.0. The Bertz CT molecular complexity index is 455. The Morgan fingerprint density at radius 2 is 2.06 bits per heavy atom. The molecule has 3 N–H and O–H groups in total. The minimum atomic E-state index is -0.791. The van der Waals surface area contributed by atoms with Crippen molar-refractivity contribution in [1.29, 1.82) is 0 Å². The average Bonchev–Trinajstić information content (AvgIpc) is 2.30. The molecule has 1 rings (SSSR count). The van der Waals surface area contributed by atoms with E-state index in [4.69, 9.17) is 18.0 Å². The van der Waals surface area contributed by atoms with Crippen LogP contribution in [0.25, 0.3) is 0 Å². The zero-order chi connectivity index (χ0) is 13.8. The number of hydrogen-bond donors (Lipinski definition) is 2. The number of amides is 1. The molecular weight excluding hydrogens is 246 g/mol. The fourth-order valence-electron chi connectivity index (χ4n) is 1.88. The van der Waals surface area contributed by atoms with Gasteiger partial charge < -0.3 is 11.1 Å². The molecule has 5 heteroatoms. The molecular formula is C13H19N3OS. The molecule has 98 valence electrons. The van der Waals surface area contributed by atoms with E-state index in [1.165, 1.54) is 0 Å². The van der Waals surface area contributed by atoms with Gasteiger partial charge in [-0.2, -0.15) is 0 Å². The first-order valence-electron chi connectivity index (χ1n) is 6.01. The number of pyridine rings is 1. The molecule has 0 bridgehead atoms. The second-order valence-corrected chi connectivity index (χ2v) is 4.71. The quantitative estimate of drug-likeness (QED) is 0.802. The SMILES string of the molecule is CCC(CC)(C(=O)Nc1cccc(C)n1)C(N)=S. The summed E-state index contributed by atoms with van der Waals surface area (Å²) in [6.07, 6.45) is 1.16. The van der Waals surface area contributed by atoms with Crippen LogP contribution in [-0.4, -0.2) is 15.9 Å². The average molecular weight is 265 g/mol. The predicted octanol–water partition coefficient (Wildman–Crippen LogP) is 2.42. The molecule has 0 radical (unpaired) electrons. The summed E-state index contributed by atoms with van der Waals surface area (Å²) in [5.41, 5.74) is 5.79. The second-order valence-electron chi connectivity index (χ2n) is 4.27. The molecule has 18 heavy (non-hydrogen) atoms. The first-order chi connectivity index (χ1) is 8.46. The van der Waals surface area contributed by atoms with E-state index in [0.29, 0.717) is 18.7 Å². The first-order valence-corrected chi connectivity index (χ1v) is 6.42. The van der Waals surface area contributed by atoms with E-state index in [1.807, 2.05) is 32.9 Å². The van der Waals surface area contributed by atoms with E-state index in [1.54, 1.807) is 6.07 Å². The third kappa shape index (κ3) is 2.85. The molecule has 0 aliphatic carbocycles. The van der Waals surface area contributed by atoms with E-state index in [2.05, 4.69) is 10.3 Å². The topological polar surface area (TPSA) is 68.0 Å². The Balaban J connectivity index is 2.96. The standard InChI is InChI=1S/C13H19N3OS/c1-4-13(5-2,11(14)18)12(17)16-10-8-6-7-9(3)15-10/h6-8H,4-5H2,1-3H3,(H2,14,18)(H,15,16,17). The van der Waals surface area contributed by atoms with Gasteiger partial charge in [-0.3, -0.25) is 4.79 Å². The van der Waals surface area contributed by atoms with Crippen LogP contribution in [0.15, 0.2) is 18.2 Å². The molecule has 0 atom stereocenters. The van der Waals surface area contributed by atoms with Gasteiger partial charge in [0.2, 0.25) is 5.91 Å². The molecule has 0 aromatic carbocycles. The number of carbonyl (C=O) groups excluding carboxylic acids is 1. The highest BCUT2D eigenvalue weighted by Gasteiger charge is 2.38. The van der Waals surface area contributed by atoms with Crippen molar-refractivity contribution in [2.45, 2.75) is 33.6 Å². The van der Waals surface area contributed by atoms with Crippen molar-refractivity contribution < 1.29 is 4.79 Å². The Morgan fingerprint density at radius 1 is 1.44 bits per heavy atom. The van der Waals surface area contributed by atoms with Crippen molar-refractivity contribution >= 4 is 28.9 Å². The fourth-order valence-corrected chi connectivity index (χ4v) is 2.26. The van der Waals surface area contributed by atoms with Crippen molar-refractivity contribution in [2.75, 3.05) is 5.32 Å². The number of nitrogens with zero attached hydrogens (tertiary/aromatic N) is 1. The summed E-state index contributed by atoms with van der Waals surface area (Å²) in [6.45, 7) is 5.69. The number of nitrogens with two attached hydrogens (primary N) is 1. The lowest BCUT2D eigenvalue weighted by atomic mass is 9.81. The molecule has 0 unspecified atom stereocenters. The van der Waals surface area contributed by atoms with Crippen LogP contribution in [0, 0.1) is 12.3 Å². The maximum Gasteiger partial charge on any atom is 0.238 e. The van der Waals surface area contributed by atoms with Crippen LogP contribution in [0.2, 0.25) is 0 Å². The van der Waals surface area contributed by atoms with Crippen LogP contribution >= 0.6 is 12.2 Å². The van der Waals surface area contributed by atoms with Crippen molar-refractivity contribution in [3.05, 3.63) is 23.9 Å². The number of aromatic nitrogens is 1. The van der Waals surface area contributed by atoms with Gasteiger partial charge in [-0.25, -0.2) is 4.98 Å². The highest BCUT2D eigenvalue weighted by Crippen LogP contribution is 2.28. The maximum atomic E-state index is 12.3. The molecule has 0 aliphatic heterocycles. The third-order valence-electron chi connectivity index (χ3n) is 3.24. The van der Waals surface area contributed by atoms with Crippen LogP contribution in [0.3, 0.4) is 0 Å². The highest BCUT2D eigenvalue weighted by molar-refractivity contribution is 7.80. The van der Waals surface area contributed by atoms with E-state index in [0.717, 1.165) is 5.69 Å². The fraction of sp³-hybridized carbons (Fsp3) is 0.462. The lowest BCUT2D eigenvalue weighted by Crippen LogP contribution is -2.45. The largest absolute Gasteiger partial charge is 0.392 e. The molecule has 0 spiro atoms. The van der Waals surface area contributed by atoms with Gasteiger partial charge in [-0.05, 0) is 31.9 Å². The van der Waals surface area contributed by atoms with Gasteiger partial charge in [0.1, 0.15) is 5.82 Å². The number of nitrogens with one attached hydrogen (secondary N) is 1. The number of carbonyl (C=O) groups is 1. The molecule has 0 saturated carbocycles. The highest BCUT2D eigenvalue weighted by atomic mass is 32.1. The summed E-state index contributed by atoms with van der Waals surface area (Å²) >= 11 is 5.04. The van der Waals surface area contributed by atoms with E-state index >= 15 is 0 Å². The summed E-state index contributed by atoms with van der Waals surface area (Å²) in [4.78, 5) is 16.8. The Morgan fingerprint density at radius 3 is 2.50 bits per heavy atom. The van der Waals surface area contributed by atoms with Gasteiger partial charge in [-0.15, -0.1) is 0 Å². The Kier molecular flexibility index (Phi) is 4.78. The lowest BCUT2D eigenvalue weighted by molar-refractivity contribution is -0.122. The molecule has 0 aliphatic rings. The van der Waals surface area contributed by atoms with E-state index in [-0.39, 0.29) is 10.9 Å². The normalized spacial score (nSPS) is 11.1. The van der Waals surface area contributed by atoms with Crippen molar-refractivity contribution in [2.24, 2.45) is 11.1 Å². The van der Waals surface area contributed by atoms with Gasteiger partial charge in [0.05, 0.1) is 10.4 Å². The van der Waals surface area contributed by atoms with Crippen LogP contribution in [0.5, 0.6) is 0 Å². The number of aryl methyl sites for hydroxylation is 1. The van der Waals surface area contributed by atoms with Crippen LogP contribution in [0.1, 0.15) is 32.4 Å². The summed E-state index contributed by atoms with van der Waals surface area (Å²) in [5.74, 6) is 0.348. The molecule has 1 heterocycles. The second kappa shape index (κ2) is 5.91. The molecule has 1 amide bonds. The van der Waals surface area contributed by atoms with Gasteiger partial charge >= 0.3 is 0 Å². The summed E-state index contributed by atoms with van der Waals surface area (Å²) in [6, 6.07) is 5.47. The van der Waals surface area contributed by atoms with Crippen LogP contribution in [-0.2, 0) is 4.79 Å². The van der Waals surface area contributed by atoms with Gasteiger partial charge in [-0.1, -0.05) is 32.1 Å². The number of rotatable bonds is 5. The number of thiocarbonyl (C=S) groups is 1. The van der Waals surface area contributed by atoms with Crippen LogP contribution in [0.4, 0.5) is 5.82 Å². The van der Waals surface area contributed by atoms with Gasteiger partial charge in [0.25, 0.3) is 0 Å². The van der Waals surface area contributed by atoms with Crippen molar-refractivity contribution in [3.63, 3.8) is 0 Å². The van der Waals surface area contributed by atoms with Crippen LogP contribution < -0.4 is 11.1 Å². The zero-order valence-corrected chi connectivity index (χ0v) is 11.8. The first kappa shape index (κ1) is 14.6. The van der Waals surface area contributed by atoms with E-state index < -0.39 is 5.41 Å². The van der Waals surface area contributed by atoms with Gasteiger partial charge in [0, 0.05) is 5.69 Å². The lowest BCUT2D eigenvalue weighted by Gasteiger charge is -2.28. The molecule has 0 fully saturated rings. The van der Waals surface area contributed by atoms with E-state index in [9.17, 15) is 4.79 Å². The molecule has 4 nitrogen and oxygen atoms in total. The summed E-state index contributed by atoms with van der Waals surface area (Å²) in [5, 5.41) is 2.79. The van der Waals surface area contributed by atoms with Crippen molar-refractivity contribution in [3.8, 4) is 0 Å². The monoisotopic (exact) mass is 265 g/mol. The molecule has 1 aromatic rings. The summed E-state index contributed by atoms with van der Waals surface area (Å²) < 4.78 is 0. The molecule has 0 saturated heterocycles.